The van der Waals surface area contributed by atoms with Gasteiger partial charge in [0.05, 0.1) is 10.6 Å². The molecule has 0 radical (unpaired) electrons. The minimum absolute atomic E-state index is 0.0218. The van der Waals surface area contributed by atoms with E-state index in [2.05, 4.69) is 5.32 Å². The van der Waals surface area contributed by atoms with E-state index in [1.807, 2.05) is 57.2 Å². The summed E-state index contributed by atoms with van der Waals surface area (Å²) in [6, 6.07) is 20.0. The Kier molecular flexibility index (Phi) is 10.1. The third kappa shape index (κ3) is 7.49. The van der Waals surface area contributed by atoms with Crippen molar-refractivity contribution in [2.75, 3.05) is 10.8 Å². The van der Waals surface area contributed by atoms with E-state index in [1.165, 1.54) is 29.2 Å². The molecule has 218 valence electrons. The Morgan fingerprint density at radius 3 is 2.22 bits per heavy atom. The van der Waals surface area contributed by atoms with E-state index in [1.54, 1.807) is 12.1 Å². The minimum Gasteiger partial charge on any atom is -0.352 e. The summed E-state index contributed by atoms with van der Waals surface area (Å²) >= 11 is 6.03. The molecule has 3 aromatic rings. The molecule has 1 aliphatic carbocycles. The van der Waals surface area contributed by atoms with Crippen LogP contribution in [0.1, 0.15) is 55.7 Å². The normalized spacial score (nSPS) is 14.4. The quantitative estimate of drug-likeness (QED) is 0.294. The van der Waals surface area contributed by atoms with Crippen LogP contribution in [0.2, 0.25) is 5.02 Å². The van der Waals surface area contributed by atoms with Gasteiger partial charge in [0.25, 0.3) is 10.0 Å². The summed E-state index contributed by atoms with van der Waals surface area (Å²) in [5, 5.41) is 3.54. The molecule has 1 unspecified atom stereocenters. The van der Waals surface area contributed by atoms with Crippen LogP contribution in [0, 0.1) is 13.8 Å². The monoisotopic (exact) mass is 595 g/mol. The minimum atomic E-state index is -4.15. The van der Waals surface area contributed by atoms with Crippen molar-refractivity contribution < 1.29 is 18.0 Å². The highest BCUT2D eigenvalue weighted by molar-refractivity contribution is 7.92. The highest BCUT2D eigenvalue weighted by Gasteiger charge is 2.34. The topological polar surface area (TPSA) is 86.8 Å². The van der Waals surface area contributed by atoms with Crippen molar-refractivity contribution in [3.8, 4) is 0 Å². The first kappa shape index (κ1) is 30.6. The van der Waals surface area contributed by atoms with Gasteiger partial charge in [-0.05, 0) is 86.2 Å². The van der Waals surface area contributed by atoms with Crippen LogP contribution < -0.4 is 9.62 Å². The predicted molar refractivity (Wildman–Crippen MR) is 163 cm³/mol. The van der Waals surface area contributed by atoms with Gasteiger partial charge >= 0.3 is 0 Å². The molecule has 41 heavy (non-hydrogen) atoms. The number of carbonyl (C=O) groups excluding carboxylic acids is 2. The number of rotatable bonds is 11. The average Bonchev–Trinajstić information content (AvgIpc) is 3.47. The molecular weight excluding hydrogens is 558 g/mol. The molecule has 9 heteroatoms. The lowest BCUT2D eigenvalue weighted by Crippen LogP contribution is -2.53. The summed E-state index contributed by atoms with van der Waals surface area (Å²) in [6.45, 7) is 5.43. The average molecular weight is 596 g/mol. The molecule has 0 saturated heterocycles. The van der Waals surface area contributed by atoms with Gasteiger partial charge in [0, 0.05) is 17.6 Å². The molecule has 1 aliphatic rings. The summed E-state index contributed by atoms with van der Waals surface area (Å²) in [4.78, 5) is 29.2. The number of benzene rings is 3. The zero-order chi connectivity index (χ0) is 29.6. The van der Waals surface area contributed by atoms with Crippen molar-refractivity contribution in [2.24, 2.45) is 0 Å². The Morgan fingerprint density at radius 2 is 1.61 bits per heavy atom. The molecule has 7 nitrogen and oxygen atoms in total. The zero-order valence-electron chi connectivity index (χ0n) is 23.8. The molecule has 4 rings (SSSR count). The van der Waals surface area contributed by atoms with Crippen LogP contribution in [0.5, 0.6) is 0 Å². The van der Waals surface area contributed by atoms with Crippen molar-refractivity contribution in [1.29, 1.82) is 0 Å². The molecule has 0 heterocycles. The fraction of sp³-hybridized carbons (Fsp3) is 0.375. The predicted octanol–water partition coefficient (Wildman–Crippen LogP) is 6.02. The van der Waals surface area contributed by atoms with Gasteiger partial charge in [-0.2, -0.15) is 0 Å². The second kappa shape index (κ2) is 13.5. The van der Waals surface area contributed by atoms with Crippen LogP contribution >= 0.6 is 11.6 Å². The van der Waals surface area contributed by atoms with Crippen molar-refractivity contribution in [2.45, 2.75) is 76.4 Å². The number of amides is 2. The van der Waals surface area contributed by atoms with Crippen LogP contribution in [0.4, 0.5) is 5.69 Å². The maximum atomic E-state index is 14.2. The third-order valence-electron chi connectivity index (χ3n) is 7.74. The fourth-order valence-corrected chi connectivity index (χ4v) is 6.74. The van der Waals surface area contributed by atoms with E-state index in [0.29, 0.717) is 17.1 Å². The molecule has 1 N–H and O–H groups in total. The van der Waals surface area contributed by atoms with Crippen molar-refractivity contribution in [3.63, 3.8) is 0 Å². The van der Waals surface area contributed by atoms with Gasteiger partial charge in [0.1, 0.15) is 12.6 Å². The summed E-state index contributed by atoms with van der Waals surface area (Å²) in [6.07, 6.45) is 4.39. The smallest absolute Gasteiger partial charge is 0.264 e. The van der Waals surface area contributed by atoms with E-state index in [0.717, 1.165) is 46.7 Å². The van der Waals surface area contributed by atoms with Gasteiger partial charge in [-0.25, -0.2) is 8.42 Å². The standard InChI is InChI=1S/C32H38ClN3O4S/c1-4-30(32(38)34-27-12-8-9-13-27)35(21-25-10-6-5-7-11-25)31(37)22-36(28-17-14-23(2)24(3)20-28)41(39,40)29-18-15-26(33)16-19-29/h5-7,10-11,14-20,27,30H,4,8-9,12-13,21-22H2,1-3H3,(H,34,38). The summed E-state index contributed by atoms with van der Waals surface area (Å²) in [5.74, 6) is -0.667. The Labute approximate surface area is 248 Å². The van der Waals surface area contributed by atoms with Gasteiger partial charge in [-0.3, -0.25) is 13.9 Å². The van der Waals surface area contributed by atoms with Crippen molar-refractivity contribution in [1.82, 2.24) is 10.2 Å². The van der Waals surface area contributed by atoms with Crippen molar-refractivity contribution >= 4 is 39.1 Å². The fourth-order valence-electron chi connectivity index (χ4n) is 5.21. The largest absolute Gasteiger partial charge is 0.352 e. The number of carbonyl (C=O) groups is 2. The van der Waals surface area contributed by atoms with Gasteiger partial charge in [0.15, 0.2) is 0 Å². The number of anilines is 1. The number of hydrogen-bond acceptors (Lipinski definition) is 4. The number of sulfonamides is 1. The highest BCUT2D eigenvalue weighted by atomic mass is 35.5. The first-order chi connectivity index (χ1) is 19.6. The van der Waals surface area contributed by atoms with Crippen LogP contribution in [0.15, 0.2) is 77.7 Å². The summed E-state index contributed by atoms with van der Waals surface area (Å²) < 4.78 is 29.1. The second-order valence-corrected chi connectivity index (χ2v) is 13.0. The van der Waals surface area contributed by atoms with Gasteiger partial charge < -0.3 is 10.2 Å². The van der Waals surface area contributed by atoms with Gasteiger partial charge in [-0.15, -0.1) is 0 Å². The maximum absolute atomic E-state index is 14.2. The molecule has 1 saturated carbocycles. The summed E-state index contributed by atoms with van der Waals surface area (Å²) in [5.41, 5.74) is 3.13. The highest BCUT2D eigenvalue weighted by Crippen LogP contribution is 2.28. The number of nitrogens with one attached hydrogen (secondary N) is 1. The van der Waals surface area contributed by atoms with E-state index >= 15 is 0 Å². The van der Waals surface area contributed by atoms with Gasteiger partial charge in [0.2, 0.25) is 11.8 Å². The Morgan fingerprint density at radius 1 is 0.951 bits per heavy atom. The van der Waals surface area contributed by atoms with E-state index in [4.69, 9.17) is 11.6 Å². The Balaban J connectivity index is 1.72. The number of aryl methyl sites for hydroxylation is 2. The molecular formula is C32H38ClN3O4S. The lowest BCUT2D eigenvalue weighted by molar-refractivity contribution is -0.140. The number of nitrogens with zero attached hydrogens (tertiary/aromatic N) is 2. The van der Waals surface area contributed by atoms with Crippen LogP contribution in [-0.4, -0.2) is 43.8 Å². The van der Waals surface area contributed by atoms with E-state index in [-0.39, 0.29) is 23.4 Å². The molecule has 0 aromatic heterocycles. The van der Waals surface area contributed by atoms with Crippen molar-refractivity contribution in [3.05, 3.63) is 94.5 Å². The van der Waals surface area contributed by atoms with Crippen LogP contribution in [0.25, 0.3) is 0 Å². The zero-order valence-corrected chi connectivity index (χ0v) is 25.4. The summed E-state index contributed by atoms with van der Waals surface area (Å²) in [7, 11) is -4.15. The van der Waals surface area contributed by atoms with E-state index in [9.17, 15) is 18.0 Å². The molecule has 1 fully saturated rings. The SMILES string of the molecule is CCC(C(=O)NC1CCCC1)N(Cc1ccccc1)C(=O)CN(c1ccc(C)c(C)c1)S(=O)(=O)c1ccc(Cl)cc1. The maximum Gasteiger partial charge on any atom is 0.264 e. The molecule has 3 aromatic carbocycles. The molecule has 1 atom stereocenters. The molecule has 0 spiro atoms. The van der Waals surface area contributed by atoms with Crippen LogP contribution in [-0.2, 0) is 26.2 Å². The molecule has 2 amide bonds. The Hall–Kier alpha value is -3.36. The van der Waals surface area contributed by atoms with Crippen LogP contribution in [0.3, 0.4) is 0 Å². The third-order valence-corrected chi connectivity index (χ3v) is 9.78. The number of hydrogen-bond donors (Lipinski definition) is 1. The first-order valence-corrected chi connectivity index (χ1v) is 15.9. The number of halogens is 1. The Bertz CT molecular complexity index is 1460. The van der Waals surface area contributed by atoms with Gasteiger partial charge in [-0.1, -0.05) is 67.8 Å². The first-order valence-electron chi connectivity index (χ1n) is 14.1. The molecule has 0 aliphatic heterocycles. The molecule has 0 bridgehead atoms. The van der Waals surface area contributed by atoms with E-state index < -0.39 is 28.5 Å². The lowest BCUT2D eigenvalue weighted by Gasteiger charge is -2.34. The lowest BCUT2D eigenvalue weighted by atomic mass is 10.1. The second-order valence-electron chi connectivity index (χ2n) is 10.7.